The highest BCUT2D eigenvalue weighted by atomic mass is 35.5. The number of ether oxygens (including phenoxy) is 2. The van der Waals surface area contributed by atoms with Gasteiger partial charge in [0.2, 0.25) is 0 Å². The highest BCUT2D eigenvalue weighted by Gasteiger charge is 2.25. The van der Waals surface area contributed by atoms with Crippen LogP contribution < -0.4 is 14.4 Å². The van der Waals surface area contributed by atoms with Crippen LogP contribution in [0.1, 0.15) is 15.9 Å². The minimum Gasteiger partial charge on any atom is -0.486 e. The third kappa shape index (κ3) is 4.04. The Morgan fingerprint density at radius 2 is 1.90 bits per heavy atom. The minimum atomic E-state index is -0.276. The number of fused-ring (bicyclic) bond motifs is 2. The molecule has 4 aromatic rings. The Balaban J connectivity index is 1.58. The maximum Gasteiger partial charge on any atom is 0.261 e. The monoisotopic (exact) mass is 471 g/mol. The Kier molecular flexibility index (Phi) is 5.40. The molecular weight excluding hydrogens is 457 g/mol. The Hall–Kier alpha value is -2.87. The standard InChI is InChI=1S/C22H15Cl2N3O3S/c23-14-3-4-15(16(24)8-14)21(28)27(12-13-2-1-5-25-11-13)22-26-17-9-18-19(10-20(17)31-22)30-7-6-29-18/h1-5,8-11H,6-7,12H2. The maximum atomic E-state index is 13.5. The van der Waals surface area contributed by atoms with Gasteiger partial charge in [-0.3, -0.25) is 14.7 Å². The summed E-state index contributed by atoms with van der Waals surface area (Å²) in [4.78, 5) is 24.0. The Morgan fingerprint density at radius 1 is 1.10 bits per heavy atom. The van der Waals surface area contributed by atoms with E-state index in [1.165, 1.54) is 11.3 Å². The molecule has 1 aliphatic rings. The summed E-state index contributed by atoms with van der Waals surface area (Å²) in [6, 6.07) is 12.3. The SMILES string of the molecule is O=C(c1ccc(Cl)cc1Cl)N(Cc1cccnc1)c1nc2cc3c(cc2s1)OCCO3. The lowest BCUT2D eigenvalue weighted by atomic mass is 10.2. The summed E-state index contributed by atoms with van der Waals surface area (Å²) in [7, 11) is 0. The summed E-state index contributed by atoms with van der Waals surface area (Å²) in [5.41, 5.74) is 1.95. The Bertz CT molecular complexity index is 1240. The topological polar surface area (TPSA) is 64.6 Å². The molecule has 0 spiro atoms. The van der Waals surface area contributed by atoms with Gasteiger partial charge in [-0.25, -0.2) is 4.98 Å². The number of pyridine rings is 1. The van der Waals surface area contributed by atoms with Crippen molar-refractivity contribution in [2.45, 2.75) is 6.54 Å². The Morgan fingerprint density at radius 3 is 2.65 bits per heavy atom. The van der Waals surface area contributed by atoms with Gasteiger partial charge in [0, 0.05) is 29.5 Å². The number of rotatable bonds is 4. The first kappa shape index (κ1) is 20.1. The summed E-state index contributed by atoms with van der Waals surface area (Å²) in [6.07, 6.45) is 3.41. The van der Waals surface area contributed by atoms with Gasteiger partial charge in [0.1, 0.15) is 13.2 Å². The van der Waals surface area contributed by atoms with Crippen LogP contribution in [0.15, 0.2) is 54.9 Å². The number of hydrogen-bond acceptors (Lipinski definition) is 6. The van der Waals surface area contributed by atoms with Crippen LogP contribution in [0.2, 0.25) is 10.0 Å². The van der Waals surface area contributed by atoms with E-state index in [0.29, 0.717) is 40.4 Å². The minimum absolute atomic E-state index is 0.276. The molecule has 0 saturated heterocycles. The maximum absolute atomic E-state index is 13.5. The molecule has 0 aliphatic carbocycles. The molecular formula is C22H15Cl2N3O3S. The van der Waals surface area contributed by atoms with Crippen LogP contribution in [-0.2, 0) is 6.54 Å². The van der Waals surface area contributed by atoms with E-state index < -0.39 is 0 Å². The molecule has 2 aromatic heterocycles. The van der Waals surface area contributed by atoms with Crippen molar-refractivity contribution in [2.75, 3.05) is 18.1 Å². The number of hydrogen-bond donors (Lipinski definition) is 0. The molecule has 2 aromatic carbocycles. The van der Waals surface area contributed by atoms with Crippen molar-refractivity contribution in [1.29, 1.82) is 0 Å². The summed E-state index contributed by atoms with van der Waals surface area (Å²) >= 11 is 13.7. The highest BCUT2D eigenvalue weighted by molar-refractivity contribution is 7.22. The average Bonchev–Trinajstić information content (AvgIpc) is 3.18. The number of anilines is 1. The molecule has 156 valence electrons. The van der Waals surface area contributed by atoms with Gasteiger partial charge in [0.15, 0.2) is 16.6 Å². The molecule has 0 N–H and O–H groups in total. The van der Waals surface area contributed by atoms with Gasteiger partial charge in [-0.15, -0.1) is 0 Å². The molecule has 0 saturated carbocycles. The van der Waals surface area contributed by atoms with Gasteiger partial charge in [-0.05, 0) is 29.8 Å². The fourth-order valence-electron chi connectivity index (χ4n) is 3.28. The average molecular weight is 472 g/mol. The summed E-state index contributed by atoms with van der Waals surface area (Å²) in [5, 5.41) is 1.29. The number of aromatic nitrogens is 2. The largest absolute Gasteiger partial charge is 0.486 e. The van der Waals surface area contributed by atoms with E-state index >= 15 is 0 Å². The lowest BCUT2D eigenvalue weighted by molar-refractivity contribution is 0.0985. The number of benzene rings is 2. The number of amides is 1. The van der Waals surface area contributed by atoms with Crippen LogP contribution in [0.4, 0.5) is 5.13 Å². The van der Waals surface area contributed by atoms with E-state index in [1.54, 1.807) is 35.5 Å². The van der Waals surface area contributed by atoms with Crippen molar-refractivity contribution in [3.8, 4) is 11.5 Å². The van der Waals surface area contributed by atoms with Crippen LogP contribution in [0.25, 0.3) is 10.2 Å². The molecule has 0 unspecified atom stereocenters. The predicted molar refractivity (Wildman–Crippen MR) is 122 cm³/mol. The van der Waals surface area contributed by atoms with E-state index in [9.17, 15) is 4.79 Å². The van der Waals surface area contributed by atoms with Crippen LogP contribution in [0, 0.1) is 0 Å². The number of nitrogens with zero attached hydrogens (tertiary/aromatic N) is 3. The predicted octanol–water partition coefficient (Wildman–Crippen LogP) is 5.62. The molecule has 9 heteroatoms. The molecule has 6 nitrogen and oxygen atoms in total. The van der Waals surface area contributed by atoms with Crippen LogP contribution in [0.3, 0.4) is 0 Å². The van der Waals surface area contributed by atoms with E-state index in [1.807, 2.05) is 24.3 Å². The fraction of sp³-hybridized carbons (Fsp3) is 0.136. The van der Waals surface area contributed by atoms with E-state index in [0.717, 1.165) is 15.8 Å². The third-order valence-corrected chi connectivity index (χ3v) is 6.33. The molecule has 0 fully saturated rings. The third-order valence-electron chi connectivity index (χ3n) is 4.74. The quantitative estimate of drug-likeness (QED) is 0.386. The molecule has 0 radical (unpaired) electrons. The van der Waals surface area contributed by atoms with Crippen molar-refractivity contribution in [3.05, 3.63) is 76.0 Å². The molecule has 1 aliphatic heterocycles. The smallest absolute Gasteiger partial charge is 0.261 e. The summed E-state index contributed by atoms with van der Waals surface area (Å²) in [6.45, 7) is 1.29. The van der Waals surface area contributed by atoms with Gasteiger partial charge >= 0.3 is 0 Å². The van der Waals surface area contributed by atoms with Gasteiger partial charge in [-0.2, -0.15) is 0 Å². The van der Waals surface area contributed by atoms with Gasteiger partial charge in [0.25, 0.3) is 5.91 Å². The number of carbonyl (C=O) groups is 1. The zero-order valence-electron chi connectivity index (χ0n) is 16.0. The van der Waals surface area contributed by atoms with Crippen molar-refractivity contribution in [1.82, 2.24) is 9.97 Å². The van der Waals surface area contributed by atoms with Crippen LogP contribution >= 0.6 is 34.5 Å². The molecule has 31 heavy (non-hydrogen) atoms. The second-order valence-corrected chi connectivity index (χ2v) is 8.69. The number of halogens is 2. The second kappa shape index (κ2) is 8.34. The van der Waals surface area contributed by atoms with E-state index in [-0.39, 0.29) is 17.5 Å². The zero-order valence-corrected chi connectivity index (χ0v) is 18.4. The van der Waals surface area contributed by atoms with Gasteiger partial charge < -0.3 is 9.47 Å². The van der Waals surface area contributed by atoms with Gasteiger partial charge in [-0.1, -0.05) is 40.6 Å². The number of carbonyl (C=O) groups excluding carboxylic acids is 1. The Labute approximate surface area is 192 Å². The zero-order chi connectivity index (χ0) is 21.4. The fourth-order valence-corrected chi connectivity index (χ4v) is 4.74. The van der Waals surface area contributed by atoms with Crippen molar-refractivity contribution in [3.63, 3.8) is 0 Å². The second-order valence-electron chi connectivity index (χ2n) is 6.84. The first-order valence-electron chi connectivity index (χ1n) is 9.44. The van der Waals surface area contributed by atoms with E-state index in [2.05, 4.69) is 4.98 Å². The van der Waals surface area contributed by atoms with Crippen molar-refractivity contribution in [2.24, 2.45) is 0 Å². The molecule has 0 bridgehead atoms. The van der Waals surface area contributed by atoms with Gasteiger partial charge in [0.05, 0.1) is 27.3 Å². The highest BCUT2D eigenvalue weighted by Crippen LogP contribution is 2.39. The number of thiazole rings is 1. The molecule has 0 atom stereocenters. The lowest BCUT2D eigenvalue weighted by Crippen LogP contribution is -2.30. The molecule has 1 amide bonds. The summed E-state index contributed by atoms with van der Waals surface area (Å²) in [5.74, 6) is 1.06. The lowest BCUT2D eigenvalue weighted by Gasteiger charge is -2.20. The first-order chi connectivity index (χ1) is 15.1. The van der Waals surface area contributed by atoms with Crippen LogP contribution in [0.5, 0.6) is 11.5 Å². The van der Waals surface area contributed by atoms with Crippen LogP contribution in [-0.4, -0.2) is 29.1 Å². The van der Waals surface area contributed by atoms with E-state index in [4.69, 9.17) is 37.7 Å². The summed E-state index contributed by atoms with van der Waals surface area (Å²) < 4.78 is 12.2. The molecule has 3 heterocycles. The normalized spacial score (nSPS) is 12.7. The molecule has 5 rings (SSSR count). The van der Waals surface area contributed by atoms with Crippen molar-refractivity contribution >= 4 is 55.8 Å². The first-order valence-corrected chi connectivity index (χ1v) is 11.0. The van der Waals surface area contributed by atoms with Crippen molar-refractivity contribution < 1.29 is 14.3 Å².